The van der Waals surface area contributed by atoms with Gasteiger partial charge >= 0.3 is 12.1 Å². The van der Waals surface area contributed by atoms with Gasteiger partial charge in [-0.05, 0) is 59.3 Å². The van der Waals surface area contributed by atoms with E-state index in [9.17, 15) is 14.7 Å². The average molecular weight is 405 g/mol. The lowest BCUT2D eigenvalue weighted by molar-refractivity contribution is -0.138. The van der Waals surface area contributed by atoms with Crippen LogP contribution in [0, 0.1) is 17.8 Å². The number of carbonyl (C=O) groups excluding carboxylic acids is 1. The van der Waals surface area contributed by atoms with Crippen molar-refractivity contribution in [2.24, 2.45) is 17.8 Å². The van der Waals surface area contributed by atoms with Gasteiger partial charge in [-0.2, -0.15) is 0 Å². The second-order valence-electron chi connectivity index (χ2n) is 9.01. The van der Waals surface area contributed by atoms with Crippen LogP contribution in [-0.2, 0) is 9.53 Å². The Labute approximate surface area is 176 Å². The van der Waals surface area contributed by atoms with Crippen molar-refractivity contribution >= 4 is 12.1 Å². The Morgan fingerprint density at radius 2 is 1.67 bits per heavy atom. The molecule has 5 nitrogen and oxygen atoms in total. The van der Waals surface area contributed by atoms with Gasteiger partial charge < -0.3 is 15.2 Å². The molecular weight excluding hydrogens is 378 g/mol. The Hall–Kier alpha value is -2.82. The van der Waals surface area contributed by atoms with Gasteiger partial charge in [0.05, 0.1) is 6.42 Å². The van der Waals surface area contributed by atoms with Gasteiger partial charge in [0, 0.05) is 12.0 Å². The molecule has 0 radical (unpaired) electrons. The second-order valence-corrected chi connectivity index (χ2v) is 9.01. The Balaban J connectivity index is 1.27. The van der Waals surface area contributed by atoms with Crippen LogP contribution >= 0.6 is 0 Å². The third kappa shape index (κ3) is 3.47. The molecule has 5 rings (SSSR count). The number of nitrogens with one attached hydrogen (secondary N) is 1. The molecule has 5 heteroatoms. The summed E-state index contributed by atoms with van der Waals surface area (Å²) in [7, 11) is 0. The Kier molecular flexibility index (Phi) is 4.97. The van der Waals surface area contributed by atoms with Crippen LogP contribution in [-0.4, -0.2) is 29.8 Å². The molecule has 0 saturated heterocycles. The maximum Gasteiger partial charge on any atom is 0.407 e. The summed E-state index contributed by atoms with van der Waals surface area (Å²) in [5.41, 5.74) is 4.71. The minimum Gasteiger partial charge on any atom is -0.481 e. The molecule has 4 atom stereocenters. The maximum atomic E-state index is 12.7. The molecule has 30 heavy (non-hydrogen) atoms. The zero-order valence-electron chi connectivity index (χ0n) is 16.9. The molecule has 156 valence electrons. The molecule has 3 aliphatic carbocycles. The van der Waals surface area contributed by atoms with Gasteiger partial charge in [0.25, 0.3) is 0 Å². The fourth-order valence-corrected chi connectivity index (χ4v) is 6.08. The molecule has 0 aliphatic heterocycles. The minimum atomic E-state index is -0.873. The van der Waals surface area contributed by atoms with Crippen LogP contribution in [0.4, 0.5) is 4.79 Å². The summed E-state index contributed by atoms with van der Waals surface area (Å²) < 4.78 is 5.65. The molecule has 2 aromatic carbocycles. The molecular formula is C25H27NO4. The van der Waals surface area contributed by atoms with Gasteiger partial charge in [-0.25, -0.2) is 4.79 Å². The number of hydrogen-bond acceptors (Lipinski definition) is 3. The summed E-state index contributed by atoms with van der Waals surface area (Å²) in [6, 6.07) is 16.1. The Bertz CT molecular complexity index is 926. The summed E-state index contributed by atoms with van der Waals surface area (Å²) in [6.07, 6.45) is 4.03. The number of carboxylic acid groups (broad SMARTS) is 1. The van der Waals surface area contributed by atoms with E-state index < -0.39 is 12.1 Å². The lowest BCUT2D eigenvalue weighted by Crippen LogP contribution is -2.44. The number of fused-ring (bicyclic) bond motifs is 5. The molecule has 3 aliphatic rings. The first-order chi connectivity index (χ1) is 14.6. The number of carboxylic acids is 1. The predicted octanol–water partition coefficient (Wildman–Crippen LogP) is 4.80. The molecule has 2 fully saturated rings. The molecule has 0 spiro atoms. The van der Waals surface area contributed by atoms with E-state index in [0.29, 0.717) is 11.8 Å². The average Bonchev–Trinajstić information content (AvgIpc) is 3.45. The van der Waals surface area contributed by atoms with E-state index in [1.54, 1.807) is 0 Å². The normalized spacial score (nSPS) is 24.9. The standard InChI is InChI=1S/C25H27NO4/c27-24(28)13-23(21-12-15-9-10-16(21)11-15)26-25(29)30-14-22-19-7-3-1-5-17(19)18-6-2-4-8-20(18)22/h1-8,15-16,21-23H,9-14H2,(H,26,29)(H,27,28)/t15?,16?,21?,23-/m0/s1. The molecule has 0 heterocycles. The predicted molar refractivity (Wildman–Crippen MR) is 113 cm³/mol. The molecule has 1 amide bonds. The van der Waals surface area contributed by atoms with Crippen molar-refractivity contribution in [1.82, 2.24) is 5.32 Å². The zero-order valence-corrected chi connectivity index (χ0v) is 16.9. The van der Waals surface area contributed by atoms with Gasteiger partial charge in [-0.3, -0.25) is 4.79 Å². The van der Waals surface area contributed by atoms with E-state index in [2.05, 4.69) is 29.6 Å². The van der Waals surface area contributed by atoms with Crippen LogP contribution in [0.25, 0.3) is 11.1 Å². The van der Waals surface area contributed by atoms with Gasteiger partial charge in [-0.1, -0.05) is 55.0 Å². The highest BCUT2D eigenvalue weighted by Gasteiger charge is 2.44. The molecule has 2 saturated carbocycles. The van der Waals surface area contributed by atoms with Crippen molar-refractivity contribution in [3.05, 3.63) is 59.7 Å². The van der Waals surface area contributed by atoms with Crippen LogP contribution in [0.3, 0.4) is 0 Å². The first-order valence-electron chi connectivity index (χ1n) is 10.9. The highest BCUT2D eigenvalue weighted by molar-refractivity contribution is 5.79. The van der Waals surface area contributed by atoms with Gasteiger partial charge in [0.15, 0.2) is 0 Å². The van der Waals surface area contributed by atoms with Crippen molar-refractivity contribution in [2.45, 2.75) is 44.1 Å². The van der Waals surface area contributed by atoms with Crippen molar-refractivity contribution in [3.63, 3.8) is 0 Å². The van der Waals surface area contributed by atoms with Crippen LogP contribution in [0.15, 0.2) is 48.5 Å². The second kappa shape index (κ2) is 7.78. The third-order valence-corrected chi connectivity index (χ3v) is 7.35. The van der Waals surface area contributed by atoms with Crippen LogP contribution in [0.1, 0.15) is 49.1 Å². The van der Waals surface area contributed by atoms with Crippen molar-refractivity contribution in [2.75, 3.05) is 6.61 Å². The minimum absolute atomic E-state index is 0.00330. The van der Waals surface area contributed by atoms with Crippen molar-refractivity contribution in [1.29, 1.82) is 0 Å². The topological polar surface area (TPSA) is 75.6 Å². The van der Waals surface area contributed by atoms with Gasteiger partial charge in [0.1, 0.15) is 6.61 Å². The molecule has 0 aromatic heterocycles. The van der Waals surface area contributed by atoms with E-state index in [1.165, 1.54) is 35.1 Å². The molecule has 3 unspecified atom stereocenters. The number of hydrogen-bond donors (Lipinski definition) is 2. The summed E-state index contributed by atoms with van der Waals surface area (Å²) >= 11 is 0. The molecule has 2 N–H and O–H groups in total. The first kappa shape index (κ1) is 19.2. The highest BCUT2D eigenvalue weighted by Crippen LogP contribution is 2.50. The fraction of sp³-hybridized carbons (Fsp3) is 0.440. The van der Waals surface area contributed by atoms with Gasteiger partial charge in [-0.15, -0.1) is 0 Å². The smallest absolute Gasteiger partial charge is 0.407 e. The van der Waals surface area contributed by atoms with E-state index in [4.69, 9.17) is 4.74 Å². The van der Waals surface area contributed by atoms with E-state index in [0.717, 1.165) is 12.8 Å². The number of alkyl carbamates (subject to hydrolysis) is 1. The number of aliphatic carboxylic acids is 1. The van der Waals surface area contributed by atoms with E-state index in [-0.39, 0.29) is 30.9 Å². The van der Waals surface area contributed by atoms with Crippen molar-refractivity contribution < 1.29 is 19.4 Å². The van der Waals surface area contributed by atoms with E-state index >= 15 is 0 Å². The summed E-state index contributed by atoms with van der Waals surface area (Å²) in [5.74, 6) is 0.611. The van der Waals surface area contributed by atoms with E-state index in [1.807, 2.05) is 24.3 Å². The molecule has 2 bridgehead atoms. The number of ether oxygens (including phenoxy) is 1. The number of rotatable bonds is 6. The fourth-order valence-electron chi connectivity index (χ4n) is 6.08. The van der Waals surface area contributed by atoms with Crippen molar-refractivity contribution in [3.8, 4) is 11.1 Å². The monoisotopic (exact) mass is 405 g/mol. The lowest BCUT2D eigenvalue weighted by atomic mass is 9.82. The zero-order chi connectivity index (χ0) is 20.7. The largest absolute Gasteiger partial charge is 0.481 e. The summed E-state index contributed by atoms with van der Waals surface area (Å²) in [5, 5.41) is 12.3. The van der Waals surface area contributed by atoms with Crippen LogP contribution in [0.2, 0.25) is 0 Å². The number of carbonyl (C=O) groups is 2. The summed E-state index contributed by atoms with van der Waals surface area (Å²) in [6.45, 7) is 0.246. The van der Waals surface area contributed by atoms with Crippen LogP contribution in [0.5, 0.6) is 0 Å². The molecule has 2 aromatic rings. The number of amides is 1. The van der Waals surface area contributed by atoms with Gasteiger partial charge in [0.2, 0.25) is 0 Å². The lowest BCUT2D eigenvalue weighted by Gasteiger charge is -2.30. The Morgan fingerprint density at radius 1 is 1.00 bits per heavy atom. The van der Waals surface area contributed by atoms with Crippen LogP contribution < -0.4 is 5.32 Å². The Morgan fingerprint density at radius 3 is 2.23 bits per heavy atom. The SMILES string of the molecule is O=C(O)C[C@H](NC(=O)OCC1c2ccccc2-c2ccccc21)C1CC2CCC1C2. The summed E-state index contributed by atoms with van der Waals surface area (Å²) in [4.78, 5) is 24.1. The quantitative estimate of drug-likeness (QED) is 0.724. The highest BCUT2D eigenvalue weighted by atomic mass is 16.5. The number of benzene rings is 2. The first-order valence-corrected chi connectivity index (χ1v) is 10.9. The maximum absolute atomic E-state index is 12.7. The third-order valence-electron chi connectivity index (χ3n) is 7.35.